The molecule has 1 aliphatic rings. The lowest BCUT2D eigenvalue weighted by Crippen LogP contribution is -2.45. The van der Waals surface area contributed by atoms with Gasteiger partial charge in [-0.2, -0.15) is 0 Å². The molecule has 0 saturated carbocycles. The number of carbonyl (C=O) groups is 1. The molecule has 19 heavy (non-hydrogen) atoms. The van der Waals surface area contributed by atoms with E-state index in [-0.39, 0.29) is 11.9 Å². The van der Waals surface area contributed by atoms with Gasteiger partial charge in [0, 0.05) is 13.1 Å². The van der Waals surface area contributed by atoms with Crippen molar-refractivity contribution in [1.29, 1.82) is 0 Å². The third kappa shape index (κ3) is 3.44. The Bertz CT molecular complexity index is 453. The maximum Gasteiger partial charge on any atom is 0.239 e. The second-order valence-electron chi connectivity index (χ2n) is 5.02. The van der Waals surface area contributed by atoms with E-state index in [0.717, 1.165) is 25.8 Å². The van der Waals surface area contributed by atoms with E-state index in [1.54, 1.807) is 0 Å². The van der Waals surface area contributed by atoms with Gasteiger partial charge in [-0.3, -0.25) is 4.79 Å². The summed E-state index contributed by atoms with van der Waals surface area (Å²) in [6.07, 6.45) is 4.78. The SMILES string of the molecule is CCCC(N)C(=O)N1CC=C(c2ccccc2)CC1. The van der Waals surface area contributed by atoms with E-state index in [4.69, 9.17) is 5.73 Å². The van der Waals surface area contributed by atoms with Crippen molar-refractivity contribution in [2.24, 2.45) is 5.73 Å². The molecule has 0 spiro atoms. The summed E-state index contributed by atoms with van der Waals surface area (Å²) in [4.78, 5) is 14.0. The summed E-state index contributed by atoms with van der Waals surface area (Å²) in [6, 6.07) is 10.0. The molecule has 0 fully saturated rings. The highest BCUT2D eigenvalue weighted by Gasteiger charge is 2.22. The van der Waals surface area contributed by atoms with Crippen LogP contribution in [-0.4, -0.2) is 29.9 Å². The zero-order valence-electron chi connectivity index (χ0n) is 11.5. The lowest BCUT2D eigenvalue weighted by Gasteiger charge is -2.29. The Balaban J connectivity index is 1.98. The molecule has 1 aromatic rings. The minimum atomic E-state index is -0.336. The average Bonchev–Trinajstić information content (AvgIpc) is 2.48. The average molecular weight is 258 g/mol. The zero-order chi connectivity index (χ0) is 13.7. The topological polar surface area (TPSA) is 46.3 Å². The summed E-state index contributed by atoms with van der Waals surface area (Å²) in [5.74, 6) is 0.0882. The summed E-state index contributed by atoms with van der Waals surface area (Å²) in [5, 5.41) is 0. The molecule has 102 valence electrons. The molecule has 1 atom stereocenters. The third-order valence-electron chi connectivity index (χ3n) is 3.58. The Morgan fingerprint density at radius 3 is 2.68 bits per heavy atom. The van der Waals surface area contributed by atoms with Gasteiger partial charge < -0.3 is 10.6 Å². The molecular formula is C16H22N2O. The number of hydrogen-bond acceptors (Lipinski definition) is 2. The van der Waals surface area contributed by atoms with Gasteiger partial charge in [0.05, 0.1) is 6.04 Å². The van der Waals surface area contributed by atoms with E-state index in [9.17, 15) is 4.79 Å². The van der Waals surface area contributed by atoms with Crippen LogP contribution in [-0.2, 0) is 4.79 Å². The molecule has 0 radical (unpaired) electrons. The summed E-state index contributed by atoms with van der Waals surface area (Å²) in [6.45, 7) is 3.51. The van der Waals surface area contributed by atoms with Crippen LogP contribution in [0.25, 0.3) is 5.57 Å². The zero-order valence-corrected chi connectivity index (χ0v) is 11.5. The lowest BCUT2D eigenvalue weighted by atomic mass is 9.99. The van der Waals surface area contributed by atoms with Crippen molar-refractivity contribution in [2.45, 2.75) is 32.2 Å². The van der Waals surface area contributed by atoms with Crippen molar-refractivity contribution in [1.82, 2.24) is 4.90 Å². The Kier molecular flexibility index (Phi) is 4.74. The number of benzene rings is 1. The molecule has 0 aromatic heterocycles. The molecule has 1 unspecified atom stereocenters. The van der Waals surface area contributed by atoms with Crippen LogP contribution in [0.4, 0.5) is 0 Å². The first-order chi connectivity index (χ1) is 9.22. The minimum Gasteiger partial charge on any atom is -0.337 e. The van der Waals surface area contributed by atoms with Gasteiger partial charge in [-0.25, -0.2) is 0 Å². The van der Waals surface area contributed by atoms with Crippen LogP contribution in [0.15, 0.2) is 36.4 Å². The number of amides is 1. The second kappa shape index (κ2) is 6.53. The minimum absolute atomic E-state index is 0.0882. The summed E-state index contributed by atoms with van der Waals surface area (Å²) in [7, 11) is 0. The third-order valence-corrected chi connectivity index (χ3v) is 3.58. The van der Waals surface area contributed by atoms with Gasteiger partial charge in [0.2, 0.25) is 5.91 Å². The first kappa shape index (κ1) is 13.8. The summed E-state index contributed by atoms with van der Waals surface area (Å²) in [5.41, 5.74) is 8.48. The predicted molar refractivity (Wildman–Crippen MR) is 78.5 cm³/mol. The molecule has 0 bridgehead atoms. The van der Waals surface area contributed by atoms with Gasteiger partial charge in [-0.15, -0.1) is 0 Å². The van der Waals surface area contributed by atoms with Gasteiger partial charge >= 0.3 is 0 Å². The van der Waals surface area contributed by atoms with Gasteiger partial charge in [0.15, 0.2) is 0 Å². The monoisotopic (exact) mass is 258 g/mol. The highest BCUT2D eigenvalue weighted by Crippen LogP contribution is 2.22. The molecule has 3 nitrogen and oxygen atoms in total. The van der Waals surface area contributed by atoms with E-state index >= 15 is 0 Å². The normalized spacial score (nSPS) is 16.9. The van der Waals surface area contributed by atoms with Crippen molar-refractivity contribution in [3.05, 3.63) is 42.0 Å². The Morgan fingerprint density at radius 1 is 1.37 bits per heavy atom. The van der Waals surface area contributed by atoms with Gasteiger partial charge in [-0.1, -0.05) is 49.8 Å². The van der Waals surface area contributed by atoms with E-state index in [1.807, 2.05) is 23.1 Å². The Labute approximate surface area is 115 Å². The van der Waals surface area contributed by atoms with E-state index in [0.29, 0.717) is 6.54 Å². The van der Waals surface area contributed by atoms with Crippen molar-refractivity contribution in [3.63, 3.8) is 0 Å². The highest BCUT2D eigenvalue weighted by atomic mass is 16.2. The van der Waals surface area contributed by atoms with Crippen molar-refractivity contribution in [3.8, 4) is 0 Å². The molecule has 2 N–H and O–H groups in total. The second-order valence-corrected chi connectivity index (χ2v) is 5.02. The number of carbonyl (C=O) groups excluding carboxylic acids is 1. The van der Waals surface area contributed by atoms with Gasteiger partial charge in [0.1, 0.15) is 0 Å². The maximum absolute atomic E-state index is 12.1. The molecular weight excluding hydrogens is 236 g/mol. The highest BCUT2D eigenvalue weighted by molar-refractivity contribution is 5.83. The lowest BCUT2D eigenvalue weighted by molar-refractivity contribution is -0.132. The van der Waals surface area contributed by atoms with Crippen molar-refractivity contribution < 1.29 is 4.79 Å². The van der Waals surface area contributed by atoms with Crippen LogP contribution >= 0.6 is 0 Å². The van der Waals surface area contributed by atoms with Crippen LogP contribution in [0.2, 0.25) is 0 Å². The fraction of sp³-hybridized carbons (Fsp3) is 0.438. The fourth-order valence-corrected chi connectivity index (χ4v) is 2.45. The molecule has 1 aliphatic heterocycles. The Hall–Kier alpha value is -1.61. The molecule has 3 heteroatoms. The van der Waals surface area contributed by atoms with Crippen LogP contribution in [0.5, 0.6) is 0 Å². The van der Waals surface area contributed by atoms with Crippen molar-refractivity contribution in [2.75, 3.05) is 13.1 Å². The summed E-state index contributed by atoms with van der Waals surface area (Å²) < 4.78 is 0. The molecule has 1 heterocycles. The van der Waals surface area contributed by atoms with E-state index in [2.05, 4.69) is 25.1 Å². The van der Waals surface area contributed by atoms with Crippen LogP contribution in [0.1, 0.15) is 31.7 Å². The number of hydrogen-bond donors (Lipinski definition) is 1. The number of rotatable bonds is 4. The Morgan fingerprint density at radius 2 is 2.11 bits per heavy atom. The van der Waals surface area contributed by atoms with Gasteiger partial charge in [0.25, 0.3) is 0 Å². The predicted octanol–water partition coefficient (Wildman–Crippen LogP) is 2.43. The van der Waals surface area contributed by atoms with Gasteiger partial charge in [-0.05, 0) is 24.0 Å². The largest absolute Gasteiger partial charge is 0.337 e. The van der Waals surface area contributed by atoms with E-state index in [1.165, 1.54) is 11.1 Å². The van der Waals surface area contributed by atoms with Crippen molar-refractivity contribution >= 4 is 11.5 Å². The standard InChI is InChI=1S/C16H22N2O/c1-2-6-15(17)16(19)18-11-9-14(10-12-18)13-7-4-3-5-8-13/h3-5,7-9,15H,2,6,10-12,17H2,1H3. The van der Waals surface area contributed by atoms with E-state index < -0.39 is 0 Å². The molecule has 1 aromatic carbocycles. The first-order valence-electron chi connectivity index (χ1n) is 7.01. The smallest absolute Gasteiger partial charge is 0.239 e. The quantitative estimate of drug-likeness (QED) is 0.901. The molecule has 0 aliphatic carbocycles. The number of nitrogens with two attached hydrogens (primary N) is 1. The first-order valence-corrected chi connectivity index (χ1v) is 7.01. The molecule has 0 saturated heterocycles. The summed E-state index contributed by atoms with van der Waals surface area (Å²) >= 11 is 0. The fourth-order valence-electron chi connectivity index (χ4n) is 2.45. The van der Waals surface area contributed by atoms with Crippen LogP contribution < -0.4 is 5.73 Å². The molecule has 1 amide bonds. The van der Waals surface area contributed by atoms with Crippen LogP contribution in [0, 0.1) is 0 Å². The maximum atomic E-state index is 12.1. The number of nitrogens with zero attached hydrogens (tertiary/aromatic N) is 1. The molecule has 2 rings (SSSR count). The van der Waals surface area contributed by atoms with Crippen LogP contribution in [0.3, 0.4) is 0 Å².